The lowest BCUT2D eigenvalue weighted by Gasteiger charge is -1.98. The van der Waals surface area contributed by atoms with Gasteiger partial charge in [0.2, 0.25) is 0 Å². The summed E-state index contributed by atoms with van der Waals surface area (Å²) >= 11 is 0.746. The number of carbonyl (C=O) groups is 1. The van der Waals surface area contributed by atoms with E-state index in [0.717, 1.165) is 15.9 Å². The van der Waals surface area contributed by atoms with Crippen LogP contribution in [0.2, 0.25) is 0 Å². The molecule has 0 saturated heterocycles. The van der Waals surface area contributed by atoms with Crippen LogP contribution in [0.15, 0.2) is 9.59 Å². The molecule has 0 amide bonds. The molecule has 2 aromatic rings. The predicted molar refractivity (Wildman–Crippen MR) is 62.6 cm³/mol. The second-order valence-electron chi connectivity index (χ2n) is 3.39. The molecule has 0 spiro atoms. The van der Waals surface area contributed by atoms with Gasteiger partial charge in [0, 0.05) is 7.05 Å². The maximum absolute atomic E-state index is 11.8. The van der Waals surface area contributed by atoms with Gasteiger partial charge < -0.3 is 9.94 Å². The molecule has 0 aliphatic heterocycles. The Labute approximate surface area is 104 Å². The van der Waals surface area contributed by atoms with Crippen molar-refractivity contribution in [1.82, 2.24) is 9.55 Å². The van der Waals surface area contributed by atoms with E-state index in [9.17, 15) is 19.6 Å². The Morgan fingerprint density at radius 3 is 2.83 bits per heavy atom. The molecule has 9 heteroatoms. The highest BCUT2D eigenvalue weighted by molar-refractivity contribution is 7.19. The Balaban J connectivity index is 2.82. The number of hydrogen-bond acceptors (Lipinski definition) is 6. The quantitative estimate of drug-likeness (QED) is 0.432. The molecule has 18 heavy (non-hydrogen) atoms. The van der Waals surface area contributed by atoms with Gasteiger partial charge in [0.1, 0.15) is 0 Å². The lowest BCUT2D eigenvalue weighted by Crippen LogP contribution is -2.39. The molecule has 8 nitrogen and oxygen atoms in total. The SMILES string of the molecule is CCOC(=O)c1sc2c(c(=O)[nH]c(=O)n2C)[n+]1[O-]. The predicted octanol–water partition coefficient (Wildman–Crippen LogP) is -0.902. The number of ether oxygens (including phenoxy) is 1. The van der Waals surface area contributed by atoms with E-state index < -0.39 is 17.2 Å². The van der Waals surface area contributed by atoms with Crippen molar-refractivity contribution in [3.05, 3.63) is 31.1 Å². The summed E-state index contributed by atoms with van der Waals surface area (Å²) in [6.07, 6.45) is 0. The van der Waals surface area contributed by atoms with Crippen molar-refractivity contribution in [3.63, 3.8) is 0 Å². The molecule has 0 fully saturated rings. The average Bonchev–Trinajstić information content (AvgIpc) is 2.65. The van der Waals surface area contributed by atoms with E-state index in [2.05, 4.69) is 0 Å². The van der Waals surface area contributed by atoms with E-state index in [4.69, 9.17) is 4.74 Å². The van der Waals surface area contributed by atoms with Gasteiger partial charge in [-0.15, -0.1) is 4.73 Å². The van der Waals surface area contributed by atoms with Crippen molar-refractivity contribution in [2.24, 2.45) is 7.05 Å². The molecule has 1 N–H and O–H groups in total. The number of aromatic nitrogens is 3. The first-order chi connectivity index (χ1) is 8.47. The summed E-state index contributed by atoms with van der Waals surface area (Å²) < 4.78 is 5.99. The number of nitrogens with one attached hydrogen (secondary N) is 1. The topological polar surface area (TPSA) is 108 Å². The molecule has 0 radical (unpaired) electrons. The van der Waals surface area contributed by atoms with Gasteiger partial charge in [-0.05, 0) is 18.3 Å². The van der Waals surface area contributed by atoms with Crippen molar-refractivity contribution < 1.29 is 14.3 Å². The number of carbonyl (C=O) groups excluding carboxylic acids is 1. The van der Waals surface area contributed by atoms with Crippen LogP contribution in [0.25, 0.3) is 10.3 Å². The molecule has 0 saturated carbocycles. The molecule has 2 aromatic heterocycles. The van der Waals surface area contributed by atoms with Gasteiger partial charge in [0.25, 0.3) is 0 Å². The number of nitrogens with zero attached hydrogens (tertiary/aromatic N) is 2. The summed E-state index contributed by atoms with van der Waals surface area (Å²) in [5.74, 6) is -0.819. The van der Waals surface area contributed by atoms with Crippen LogP contribution in [0.1, 0.15) is 16.7 Å². The highest BCUT2D eigenvalue weighted by atomic mass is 32.1. The second kappa shape index (κ2) is 4.26. The van der Waals surface area contributed by atoms with Crippen LogP contribution in [-0.2, 0) is 11.8 Å². The fourth-order valence-corrected chi connectivity index (χ4v) is 2.43. The Bertz CT molecular complexity index is 741. The number of aromatic amines is 1. The summed E-state index contributed by atoms with van der Waals surface area (Å²) in [6.45, 7) is 1.71. The van der Waals surface area contributed by atoms with Crippen molar-refractivity contribution >= 4 is 27.7 Å². The van der Waals surface area contributed by atoms with Gasteiger partial charge in [-0.25, -0.2) is 9.59 Å². The summed E-state index contributed by atoms with van der Waals surface area (Å²) in [5, 5.41) is 11.5. The number of fused-ring (bicyclic) bond motifs is 1. The highest BCUT2D eigenvalue weighted by Crippen LogP contribution is 2.16. The molecule has 0 bridgehead atoms. The Morgan fingerprint density at radius 1 is 1.56 bits per heavy atom. The minimum absolute atomic E-state index is 0.113. The average molecular weight is 271 g/mol. The number of thiazole rings is 1. The van der Waals surface area contributed by atoms with Crippen LogP contribution in [-0.4, -0.2) is 22.1 Å². The van der Waals surface area contributed by atoms with Crippen LogP contribution < -0.4 is 16.0 Å². The minimum atomic E-state index is -0.824. The molecule has 0 aliphatic carbocycles. The molecule has 2 rings (SSSR count). The van der Waals surface area contributed by atoms with Gasteiger partial charge in [-0.1, -0.05) is 0 Å². The fraction of sp³-hybridized carbons (Fsp3) is 0.333. The van der Waals surface area contributed by atoms with Crippen LogP contribution in [0, 0.1) is 5.21 Å². The van der Waals surface area contributed by atoms with Crippen molar-refractivity contribution in [1.29, 1.82) is 0 Å². The van der Waals surface area contributed by atoms with Crippen LogP contribution in [0.5, 0.6) is 0 Å². The maximum atomic E-state index is 11.8. The van der Waals surface area contributed by atoms with Gasteiger partial charge in [0.15, 0.2) is 4.83 Å². The van der Waals surface area contributed by atoms with Crippen molar-refractivity contribution in [3.8, 4) is 0 Å². The Hall–Kier alpha value is -2.16. The van der Waals surface area contributed by atoms with E-state index in [0.29, 0.717) is 0 Å². The summed E-state index contributed by atoms with van der Waals surface area (Å²) in [4.78, 5) is 36.5. The number of esters is 1. The van der Waals surface area contributed by atoms with E-state index >= 15 is 0 Å². The molecule has 2 heterocycles. The fourth-order valence-electron chi connectivity index (χ4n) is 1.44. The first-order valence-electron chi connectivity index (χ1n) is 4.99. The number of hydrogen-bond donors (Lipinski definition) is 1. The van der Waals surface area contributed by atoms with Crippen LogP contribution in [0.3, 0.4) is 0 Å². The lowest BCUT2D eigenvalue weighted by molar-refractivity contribution is -0.575. The molecule has 0 aliphatic rings. The van der Waals surface area contributed by atoms with Gasteiger partial charge in [0.05, 0.1) is 6.61 Å². The first-order valence-corrected chi connectivity index (χ1v) is 5.81. The lowest BCUT2D eigenvalue weighted by atomic mass is 10.5. The number of rotatable bonds is 2. The molecule has 0 unspecified atom stereocenters. The largest absolute Gasteiger partial charge is 0.617 e. The number of aryl methyl sites for hydroxylation is 1. The normalized spacial score (nSPS) is 10.8. The van der Waals surface area contributed by atoms with Crippen LogP contribution in [0.4, 0.5) is 0 Å². The Morgan fingerprint density at radius 2 is 2.22 bits per heavy atom. The minimum Gasteiger partial charge on any atom is -0.617 e. The van der Waals surface area contributed by atoms with Gasteiger partial charge in [-0.2, -0.15) is 0 Å². The zero-order chi connectivity index (χ0) is 13.4. The standard InChI is InChI=1S/C9H9N3O5S/c1-3-17-8(14)7-12(16)4-5(13)10-9(15)11(2)6(4)18-7/h3H2,1-2H3,(H,10,13,15). The summed E-state index contributed by atoms with van der Waals surface area (Å²) in [6, 6.07) is 0. The Kier molecular flexibility index (Phi) is 2.91. The highest BCUT2D eigenvalue weighted by Gasteiger charge is 2.28. The molecular weight excluding hydrogens is 262 g/mol. The molecule has 0 atom stereocenters. The van der Waals surface area contributed by atoms with E-state index in [1.807, 2.05) is 4.98 Å². The van der Waals surface area contributed by atoms with E-state index in [1.54, 1.807) is 6.92 Å². The first kappa shape index (κ1) is 12.3. The van der Waals surface area contributed by atoms with Crippen LogP contribution >= 0.6 is 11.3 Å². The smallest absolute Gasteiger partial charge is 0.416 e. The zero-order valence-electron chi connectivity index (χ0n) is 9.55. The zero-order valence-corrected chi connectivity index (χ0v) is 10.4. The van der Waals surface area contributed by atoms with Crippen molar-refractivity contribution in [2.45, 2.75) is 6.92 Å². The van der Waals surface area contributed by atoms with E-state index in [-0.39, 0.29) is 26.7 Å². The molecular formula is C9H9N3O5S. The monoisotopic (exact) mass is 271 g/mol. The molecule has 0 aromatic carbocycles. The third kappa shape index (κ3) is 1.68. The van der Waals surface area contributed by atoms with E-state index in [1.165, 1.54) is 7.05 Å². The second-order valence-corrected chi connectivity index (χ2v) is 4.37. The third-order valence-electron chi connectivity index (χ3n) is 2.28. The van der Waals surface area contributed by atoms with Gasteiger partial charge >= 0.3 is 27.7 Å². The maximum Gasteiger partial charge on any atom is 0.416 e. The molecule has 96 valence electrons. The van der Waals surface area contributed by atoms with Crippen molar-refractivity contribution in [2.75, 3.05) is 6.61 Å². The number of H-pyrrole nitrogens is 1. The third-order valence-corrected chi connectivity index (χ3v) is 3.46. The van der Waals surface area contributed by atoms with Gasteiger partial charge in [-0.3, -0.25) is 14.3 Å². The summed E-state index contributed by atoms with van der Waals surface area (Å²) in [7, 11) is 1.39. The summed E-state index contributed by atoms with van der Waals surface area (Å²) in [5.41, 5.74) is -1.75.